The van der Waals surface area contributed by atoms with Gasteiger partial charge in [0.05, 0.1) is 7.11 Å². The largest absolute Gasteiger partial charge is 0.872 e. The van der Waals surface area contributed by atoms with Gasteiger partial charge >= 0.3 is 5.97 Å². The van der Waals surface area contributed by atoms with E-state index in [1.54, 1.807) is 12.1 Å². The van der Waals surface area contributed by atoms with E-state index in [9.17, 15) is 14.7 Å². The maximum Gasteiger partial charge on any atom is 0.378 e. The van der Waals surface area contributed by atoms with Gasteiger partial charge in [-0.25, -0.2) is 4.79 Å². The molecular formula is C18H15O5-. The standard InChI is InChI=1S/C18H16O5/c1-22-18(21)17(20)11-16(19)14-7-9-15(10-8-14)23-12-13-5-3-2-4-6-13/h2-11,19H,12H2,1H3/p-1/b16-11-. The van der Waals surface area contributed by atoms with Crippen LogP contribution in [0.4, 0.5) is 0 Å². The van der Waals surface area contributed by atoms with E-state index < -0.39 is 17.5 Å². The molecule has 2 aromatic carbocycles. The summed E-state index contributed by atoms with van der Waals surface area (Å²) in [5.74, 6) is -2.01. The van der Waals surface area contributed by atoms with Gasteiger partial charge in [0.2, 0.25) is 0 Å². The van der Waals surface area contributed by atoms with E-state index in [1.807, 2.05) is 30.3 Å². The van der Waals surface area contributed by atoms with E-state index in [1.165, 1.54) is 12.1 Å². The molecule has 0 N–H and O–H groups in total. The topological polar surface area (TPSA) is 75.7 Å². The zero-order chi connectivity index (χ0) is 16.7. The van der Waals surface area contributed by atoms with Crippen molar-refractivity contribution in [2.45, 2.75) is 6.61 Å². The molecule has 5 heteroatoms. The number of rotatable bonds is 6. The molecule has 0 saturated carbocycles. The van der Waals surface area contributed by atoms with Crippen molar-refractivity contribution in [3.05, 3.63) is 71.8 Å². The lowest BCUT2D eigenvalue weighted by atomic mass is 10.1. The second-order valence-electron chi connectivity index (χ2n) is 4.66. The molecule has 0 atom stereocenters. The first-order chi connectivity index (χ1) is 11.1. The van der Waals surface area contributed by atoms with E-state index in [2.05, 4.69) is 4.74 Å². The number of carbonyl (C=O) groups is 2. The fourth-order valence-corrected chi connectivity index (χ4v) is 1.82. The Kier molecular flexibility index (Phi) is 5.52. The summed E-state index contributed by atoms with van der Waals surface area (Å²) in [6.45, 7) is 0.418. The van der Waals surface area contributed by atoms with Gasteiger partial charge in [-0.05, 0) is 29.3 Å². The Hall–Kier alpha value is -3.08. The Morgan fingerprint density at radius 1 is 1.04 bits per heavy atom. The molecule has 0 heterocycles. The molecule has 0 aromatic heterocycles. The molecule has 0 spiro atoms. The van der Waals surface area contributed by atoms with Crippen molar-refractivity contribution in [2.24, 2.45) is 0 Å². The molecule has 23 heavy (non-hydrogen) atoms. The lowest BCUT2D eigenvalue weighted by Crippen LogP contribution is -2.15. The van der Waals surface area contributed by atoms with Gasteiger partial charge in [0, 0.05) is 0 Å². The average Bonchev–Trinajstić information content (AvgIpc) is 2.60. The summed E-state index contributed by atoms with van der Waals surface area (Å²) in [5.41, 5.74) is 1.32. The number of hydrogen-bond acceptors (Lipinski definition) is 5. The Labute approximate surface area is 133 Å². The monoisotopic (exact) mass is 311 g/mol. The highest BCUT2D eigenvalue weighted by molar-refractivity contribution is 6.39. The molecule has 0 aliphatic heterocycles. The summed E-state index contributed by atoms with van der Waals surface area (Å²) in [5, 5.41) is 11.8. The van der Waals surface area contributed by atoms with Gasteiger partial charge in [-0.2, -0.15) is 0 Å². The second kappa shape index (κ2) is 7.79. The Morgan fingerprint density at radius 2 is 1.70 bits per heavy atom. The van der Waals surface area contributed by atoms with Gasteiger partial charge in [-0.1, -0.05) is 48.2 Å². The summed E-state index contributed by atoms with van der Waals surface area (Å²) in [7, 11) is 1.08. The molecule has 0 aliphatic rings. The lowest BCUT2D eigenvalue weighted by Gasteiger charge is -2.13. The van der Waals surface area contributed by atoms with Crippen LogP contribution in [0.15, 0.2) is 60.7 Å². The minimum atomic E-state index is -1.07. The first kappa shape index (κ1) is 16.3. The zero-order valence-corrected chi connectivity index (χ0v) is 12.5. The van der Waals surface area contributed by atoms with E-state index in [0.717, 1.165) is 12.7 Å². The Bertz CT molecular complexity index is 702. The van der Waals surface area contributed by atoms with Gasteiger partial charge in [-0.15, -0.1) is 0 Å². The highest BCUT2D eigenvalue weighted by Crippen LogP contribution is 2.17. The Balaban J connectivity index is 2.00. The minimum Gasteiger partial charge on any atom is -0.872 e. The van der Waals surface area contributed by atoms with Gasteiger partial charge in [0.15, 0.2) is 0 Å². The van der Waals surface area contributed by atoms with Crippen molar-refractivity contribution in [3.63, 3.8) is 0 Å². The molecule has 2 aromatic rings. The third-order valence-electron chi connectivity index (χ3n) is 3.04. The fraction of sp³-hybridized carbons (Fsp3) is 0.111. The third-order valence-corrected chi connectivity index (χ3v) is 3.04. The second-order valence-corrected chi connectivity index (χ2v) is 4.66. The number of ether oxygens (including phenoxy) is 2. The number of benzene rings is 2. The van der Waals surface area contributed by atoms with Crippen LogP contribution in [-0.4, -0.2) is 18.9 Å². The van der Waals surface area contributed by atoms with Crippen molar-refractivity contribution in [1.82, 2.24) is 0 Å². The molecule has 0 bridgehead atoms. The Morgan fingerprint density at radius 3 is 2.30 bits per heavy atom. The predicted octanol–water partition coefficient (Wildman–Crippen LogP) is 1.71. The third kappa shape index (κ3) is 4.71. The summed E-state index contributed by atoms with van der Waals surface area (Å²) in [6.07, 6.45) is 0.714. The highest BCUT2D eigenvalue weighted by Gasteiger charge is 2.09. The zero-order valence-electron chi connectivity index (χ0n) is 12.5. The van der Waals surface area contributed by atoms with E-state index in [4.69, 9.17) is 4.74 Å². The van der Waals surface area contributed by atoms with Gasteiger partial charge < -0.3 is 14.6 Å². The highest BCUT2D eigenvalue weighted by atomic mass is 16.5. The van der Waals surface area contributed by atoms with Crippen LogP contribution in [0, 0.1) is 0 Å². The predicted molar refractivity (Wildman–Crippen MR) is 82.2 cm³/mol. The van der Waals surface area contributed by atoms with E-state index >= 15 is 0 Å². The number of esters is 1. The molecule has 2 rings (SSSR count). The van der Waals surface area contributed by atoms with Crippen molar-refractivity contribution in [3.8, 4) is 5.75 Å². The molecule has 0 radical (unpaired) electrons. The normalized spacial score (nSPS) is 10.9. The van der Waals surface area contributed by atoms with E-state index in [-0.39, 0.29) is 5.56 Å². The number of hydrogen-bond donors (Lipinski definition) is 0. The van der Waals surface area contributed by atoms with Crippen molar-refractivity contribution < 1.29 is 24.2 Å². The van der Waals surface area contributed by atoms with Crippen LogP contribution in [0.25, 0.3) is 5.76 Å². The van der Waals surface area contributed by atoms with Crippen molar-refractivity contribution >= 4 is 17.5 Å². The molecule has 0 saturated heterocycles. The minimum absolute atomic E-state index is 0.286. The average molecular weight is 311 g/mol. The van der Waals surface area contributed by atoms with Gasteiger partial charge in [-0.3, -0.25) is 4.79 Å². The van der Waals surface area contributed by atoms with Crippen LogP contribution in [0.1, 0.15) is 11.1 Å². The summed E-state index contributed by atoms with van der Waals surface area (Å²) in [6, 6.07) is 16.0. The number of carbonyl (C=O) groups excluding carboxylic acids is 2. The van der Waals surface area contributed by atoms with Crippen LogP contribution in [0.5, 0.6) is 5.75 Å². The first-order valence-electron chi connectivity index (χ1n) is 6.88. The number of methoxy groups -OCH3 is 1. The molecular weight excluding hydrogens is 296 g/mol. The summed E-state index contributed by atoms with van der Waals surface area (Å²) < 4.78 is 9.85. The SMILES string of the molecule is COC(=O)C(=O)/C=C(\[O-])c1ccc(OCc2ccccc2)cc1. The van der Waals surface area contributed by atoms with Gasteiger partial charge in [0.25, 0.3) is 5.78 Å². The van der Waals surface area contributed by atoms with Crippen LogP contribution in [0.3, 0.4) is 0 Å². The van der Waals surface area contributed by atoms with Crippen LogP contribution >= 0.6 is 0 Å². The van der Waals surface area contributed by atoms with E-state index in [0.29, 0.717) is 18.4 Å². The first-order valence-corrected chi connectivity index (χ1v) is 6.88. The molecule has 5 nitrogen and oxygen atoms in total. The lowest BCUT2D eigenvalue weighted by molar-refractivity contribution is -0.243. The van der Waals surface area contributed by atoms with Crippen LogP contribution in [-0.2, 0) is 20.9 Å². The van der Waals surface area contributed by atoms with Crippen molar-refractivity contribution in [2.75, 3.05) is 7.11 Å². The molecule has 0 unspecified atom stereocenters. The quantitative estimate of drug-likeness (QED) is 0.351. The molecule has 0 amide bonds. The molecule has 0 aliphatic carbocycles. The smallest absolute Gasteiger partial charge is 0.378 e. The maximum absolute atomic E-state index is 11.8. The maximum atomic E-state index is 11.8. The molecule has 0 fully saturated rings. The van der Waals surface area contributed by atoms with Gasteiger partial charge in [0.1, 0.15) is 12.4 Å². The summed E-state index contributed by atoms with van der Waals surface area (Å²) >= 11 is 0. The van der Waals surface area contributed by atoms with Crippen molar-refractivity contribution in [1.29, 1.82) is 0 Å². The fourth-order valence-electron chi connectivity index (χ4n) is 1.82. The van der Waals surface area contributed by atoms with Crippen LogP contribution < -0.4 is 9.84 Å². The summed E-state index contributed by atoms with van der Waals surface area (Å²) in [4.78, 5) is 22.3. The number of ketones is 1. The molecule has 118 valence electrons. The van der Waals surface area contributed by atoms with Crippen LogP contribution in [0.2, 0.25) is 0 Å².